The smallest absolute Gasteiger partial charge is 0.314 e. The van der Waals surface area contributed by atoms with Crippen LogP contribution in [0.15, 0.2) is 24.3 Å². The molecule has 1 aliphatic carbocycles. The van der Waals surface area contributed by atoms with Crippen LogP contribution in [0, 0.1) is 16.0 Å². The van der Waals surface area contributed by atoms with E-state index in [1.54, 1.807) is 0 Å². The van der Waals surface area contributed by atoms with Crippen molar-refractivity contribution in [1.82, 2.24) is 0 Å². The molecule has 24 heavy (non-hydrogen) atoms. The van der Waals surface area contributed by atoms with Gasteiger partial charge >= 0.3 is 11.9 Å². The van der Waals surface area contributed by atoms with Gasteiger partial charge in [-0.05, 0) is 44.2 Å². The Labute approximate surface area is 140 Å². The lowest BCUT2D eigenvalue weighted by atomic mass is 9.87. The number of nitro groups is 1. The molecule has 0 radical (unpaired) electrons. The average Bonchev–Trinajstić information content (AvgIpc) is 2.56. The maximum atomic E-state index is 12.2. The molecule has 1 saturated carbocycles. The van der Waals surface area contributed by atoms with Gasteiger partial charge in [-0.1, -0.05) is 6.92 Å². The summed E-state index contributed by atoms with van der Waals surface area (Å²) >= 11 is 0. The molecule has 0 aliphatic heterocycles. The lowest BCUT2D eigenvalue weighted by Crippen LogP contribution is -2.30. The fraction of sp³-hybridized carbons (Fsp3) is 0.529. The average molecular weight is 335 g/mol. The van der Waals surface area contributed by atoms with Crippen LogP contribution in [0.3, 0.4) is 0 Å². The Morgan fingerprint density at radius 1 is 1.17 bits per heavy atom. The highest BCUT2D eigenvalue weighted by Gasteiger charge is 2.29. The van der Waals surface area contributed by atoms with E-state index in [0.29, 0.717) is 37.9 Å². The number of hydrogen-bond acceptors (Lipinski definition) is 6. The highest BCUT2D eigenvalue weighted by Crippen LogP contribution is 2.28. The van der Waals surface area contributed by atoms with Crippen LogP contribution in [0.2, 0.25) is 0 Å². The molecule has 1 aliphatic rings. The van der Waals surface area contributed by atoms with Gasteiger partial charge in [-0.25, -0.2) is 0 Å². The van der Waals surface area contributed by atoms with Crippen molar-refractivity contribution in [2.24, 2.45) is 5.92 Å². The zero-order valence-electron chi connectivity index (χ0n) is 13.6. The van der Waals surface area contributed by atoms with Gasteiger partial charge in [0.2, 0.25) is 0 Å². The summed E-state index contributed by atoms with van der Waals surface area (Å²) in [4.78, 5) is 33.7. The van der Waals surface area contributed by atoms with E-state index in [4.69, 9.17) is 9.47 Å². The maximum Gasteiger partial charge on any atom is 0.314 e. The van der Waals surface area contributed by atoms with Crippen LogP contribution in [0.4, 0.5) is 5.69 Å². The molecular weight excluding hydrogens is 314 g/mol. The van der Waals surface area contributed by atoms with Crippen LogP contribution >= 0.6 is 0 Å². The molecule has 0 N–H and O–H groups in total. The fourth-order valence-corrected chi connectivity index (χ4v) is 2.70. The highest BCUT2D eigenvalue weighted by molar-refractivity contribution is 5.75. The van der Waals surface area contributed by atoms with Crippen LogP contribution in [0.25, 0.3) is 0 Å². The van der Waals surface area contributed by atoms with E-state index in [9.17, 15) is 19.7 Å². The first-order valence-corrected chi connectivity index (χ1v) is 8.15. The monoisotopic (exact) mass is 335 g/mol. The second kappa shape index (κ2) is 8.42. The summed E-state index contributed by atoms with van der Waals surface area (Å²) in [6.45, 7) is 1.92. The number of non-ortho nitro benzene ring substituents is 1. The third kappa shape index (κ3) is 5.04. The highest BCUT2D eigenvalue weighted by atomic mass is 16.6. The molecule has 7 heteroatoms. The van der Waals surface area contributed by atoms with Crippen molar-refractivity contribution in [3.63, 3.8) is 0 Å². The number of ether oxygens (including phenoxy) is 2. The minimum Gasteiger partial charge on any atom is -0.462 e. The van der Waals surface area contributed by atoms with Crippen LogP contribution in [0.5, 0.6) is 5.75 Å². The van der Waals surface area contributed by atoms with Crippen molar-refractivity contribution in [3.8, 4) is 5.75 Å². The van der Waals surface area contributed by atoms with Gasteiger partial charge in [0.25, 0.3) is 5.69 Å². The summed E-state index contributed by atoms with van der Waals surface area (Å²) in [6.07, 6.45) is 3.57. The molecule has 7 nitrogen and oxygen atoms in total. The first-order chi connectivity index (χ1) is 11.5. The minimum absolute atomic E-state index is 0.0517. The quantitative estimate of drug-likeness (QED) is 0.342. The van der Waals surface area contributed by atoms with Crippen LogP contribution in [-0.2, 0) is 14.3 Å². The first-order valence-electron chi connectivity index (χ1n) is 8.15. The summed E-state index contributed by atoms with van der Waals surface area (Å²) in [5, 5.41) is 10.6. The van der Waals surface area contributed by atoms with Crippen LogP contribution < -0.4 is 4.74 Å². The van der Waals surface area contributed by atoms with Gasteiger partial charge in [0.1, 0.15) is 11.9 Å². The fourth-order valence-electron chi connectivity index (χ4n) is 2.70. The minimum atomic E-state index is -0.507. The molecule has 2 rings (SSSR count). The third-order valence-electron chi connectivity index (χ3n) is 4.03. The normalized spacial score (nSPS) is 20.2. The van der Waals surface area contributed by atoms with Gasteiger partial charge in [0.15, 0.2) is 0 Å². The number of rotatable bonds is 6. The Bertz CT molecular complexity index is 590. The van der Waals surface area contributed by atoms with Gasteiger partial charge in [0.05, 0.1) is 10.8 Å². The van der Waals surface area contributed by atoms with Crippen molar-refractivity contribution in [2.75, 3.05) is 0 Å². The molecule has 1 aromatic carbocycles. The van der Waals surface area contributed by atoms with E-state index in [0.717, 1.165) is 6.42 Å². The van der Waals surface area contributed by atoms with Gasteiger partial charge in [0, 0.05) is 18.6 Å². The van der Waals surface area contributed by atoms with E-state index in [-0.39, 0.29) is 29.6 Å². The maximum absolute atomic E-state index is 12.2. The largest absolute Gasteiger partial charge is 0.462 e. The van der Waals surface area contributed by atoms with Gasteiger partial charge < -0.3 is 9.47 Å². The van der Waals surface area contributed by atoms with Gasteiger partial charge in [-0.3, -0.25) is 19.7 Å². The lowest BCUT2D eigenvalue weighted by Gasteiger charge is -2.27. The molecule has 0 bridgehead atoms. The van der Waals surface area contributed by atoms with Crippen molar-refractivity contribution in [1.29, 1.82) is 0 Å². The Morgan fingerprint density at radius 3 is 2.33 bits per heavy atom. The Balaban J connectivity index is 1.80. The first kappa shape index (κ1) is 17.9. The molecule has 1 fully saturated rings. The molecule has 0 heterocycles. The zero-order valence-corrected chi connectivity index (χ0v) is 13.6. The number of carbonyl (C=O) groups excluding carboxylic acids is 2. The summed E-state index contributed by atoms with van der Waals surface area (Å²) in [5.74, 6) is -0.472. The molecule has 0 aromatic heterocycles. The Hall–Kier alpha value is -2.44. The van der Waals surface area contributed by atoms with Gasteiger partial charge in [-0.15, -0.1) is 0 Å². The number of esters is 2. The second-order valence-corrected chi connectivity index (χ2v) is 5.89. The summed E-state index contributed by atoms with van der Waals surface area (Å²) in [6, 6.07) is 5.42. The molecule has 0 amide bonds. The van der Waals surface area contributed by atoms with E-state index >= 15 is 0 Å². The predicted octanol–water partition coefficient (Wildman–Crippen LogP) is 3.40. The Kier molecular flexibility index (Phi) is 6.28. The molecule has 0 saturated heterocycles. The standard InChI is InChI=1S/C17H21NO6/c1-2-3-16(19)23-14-8-4-12(5-9-14)17(20)24-15-10-6-13(7-11-15)18(21)22/h6-7,10-12,14H,2-5,8-9H2,1H3. The van der Waals surface area contributed by atoms with E-state index in [1.807, 2.05) is 6.92 Å². The van der Waals surface area contributed by atoms with Crippen molar-refractivity contribution < 1.29 is 24.0 Å². The number of nitrogens with zero attached hydrogens (tertiary/aromatic N) is 1. The predicted molar refractivity (Wildman–Crippen MR) is 85.5 cm³/mol. The molecule has 130 valence electrons. The third-order valence-corrected chi connectivity index (χ3v) is 4.03. The topological polar surface area (TPSA) is 95.7 Å². The summed E-state index contributed by atoms with van der Waals surface area (Å²) in [7, 11) is 0. The zero-order chi connectivity index (χ0) is 17.5. The van der Waals surface area contributed by atoms with Crippen LogP contribution in [0.1, 0.15) is 45.4 Å². The molecule has 0 spiro atoms. The van der Waals surface area contributed by atoms with Crippen molar-refractivity contribution >= 4 is 17.6 Å². The van der Waals surface area contributed by atoms with E-state index in [2.05, 4.69) is 0 Å². The number of nitro benzene ring substituents is 1. The summed E-state index contributed by atoms with van der Waals surface area (Å²) < 4.78 is 10.6. The second-order valence-electron chi connectivity index (χ2n) is 5.89. The molecule has 0 unspecified atom stereocenters. The Morgan fingerprint density at radius 2 is 1.79 bits per heavy atom. The molecular formula is C17H21NO6. The van der Waals surface area contributed by atoms with E-state index in [1.165, 1.54) is 24.3 Å². The number of carbonyl (C=O) groups is 2. The summed E-state index contributed by atoms with van der Waals surface area (Å²) in [5.41, 5.74) is -0.0517. The SMILES string of the molecule is CCCC(=O)OC1CCC(C(=O)Oc2ccc([N+](=O)[O-])cc2)CC1. The number of hydrogen-bond donors (Lipinski definition) is 0. The molecule has 0 atom stereocenters. The van der Waals surface area contributed by atoms with Crippen molar-refractivity contribution in [2.45, 2.75) is 51.6 Å². The molecule has 1 aromatic rings. The van der Waals surface area contributed by atoms with Crippen LogP contribution in [-0.4, -0.2) is 23.0 Å². The lowest BCUT2D eigenvalue weighted by molar-refractivity contribution is -0.384. The van der Waals surface area contributed by atoms with Gasteiger partial charge in [-0.2, -0.15) is 0 Å². The van der Waals surface area contributed by atoms with Crippen molar-refractivity contribution in [3.05, 3.63) is 34.4 Å². The van der Waals surface area contributed by atoms with E-state index < -0.39 is 4.92 Å². The number of benzene rings is 1.